The Bertz CT molecular complexity index is 486. The third kappa shape index (κ3) is 3.37. The maximum atomic E-state index is 12.6. The fourth-order valence-electron chi connectivity index (χ4n) is 2.78. The van der Waals surface area contributed by atoms with Gasteiger partial charge in [-0.05, 0) is 38.3 Å². The maximum absolute atomic E-state index is 12.6. The molecule has 1 aliphatic rings. The molecule has 0 aliphatic carbocycles. The zero-order valence-electron chi connectivity index (χ0n) is 12.0. The first-order chi connectivity index (χ1) is 9.57. The summed E-state index contributed by atoms with van der Waals surface area (Å²) in [6.45, 7) is 6.46. The molecule has 0 aromatic heterocycles. The maximum Gasteiger partial charge on any atom is 0.0613 e. The summed E-state index contributed by atoms with van der Waals surface area (Å²) in [6, 6.07) is 7.78. The van der Waals surface area contributed by atoms with Crippen LogP contribution in [-0.2, 0) is 10.8 Å². The summed E-state index contributed by atoms with van der Waals surface area (Å²) in [5.41, 5.74) is 0.739. The van der Waals surface area contributed by atoms with Crippen molar-refractivity contribution in [1.82, 2.24) is 5.06 Å². The van der Waals surface area contributed by atoms with E-state index in [2.05, 4.69) is 6.58 Å². The van der Waals surface area contributed by atoms with Crippen molar-refractivity contribution in [2.45, 2.75) is 43.0 Å². The van der Waals surface area contributed by atoms with Gasteiger partial charge in [0, 0.05) is 17.2 Å². The Hall–Kier alpha value is -0.970. The summed E-state index contributed by atoms with van der Waals surface area (Å²) in [7, 11) is -1.10. The minimum Gasteiger partial charge on any atom is -0.313 e. The van der Waals surface area contributed by atoms with Gasteiger partial charge in [-0.1, -0.05) is 30.2 Å². The van der Waals surface area contributed by atoms with Gasteiger partial charge in [0.25, 0.3) is 0 Å². The van der Waals surface area contributed by atoms with E-state index in [0.29, 0.717) is 18.7 Å². The van der Waals surface area contributed by atoms with E-state index in [-0.39, 0.29) is 0 Å². The van der Waals surface area contributed by atoms with Gasteiger partial charge in [-0.2, -0.15) is 5.06 Å². The van der Waals surface area contributed by atoms with Crippen molar-refractivity contribution in [3.63, 3.8) is 0 Å². The fourth-order valence-corrected chi connectivity index (χ4v) is 4.29. The monoisotopic (exact) mass is 293 g/mol. The molecule has 1 N–H and O–H groups in total. The first kappa shape index (κ1) is 15.4. The Morgan fingerprint density at radius 1 is 1.40 bits per heavy atom. The molecule has 0 amide bonds. The minimum atomic E-state index is -1.10. The second-order valence-electron chi connectivity index (χ2n) is 5.60. The standard InChI is InChI=1S/C16H23NO2S/c1-3-10-16(11-4-5-12-17(16)18)13-20(19)15-8-6-14(2)7-9-15/h3,6-9,18H,1,4-5,10-13H2,2H3/t16-,20+/m0/s1. The van der Waals surface area contributed by atoms with Crippen molar-refractivity contribution in [3.8, 4) is 0 Å². The topological polar surface area (TPSA) is 40.5 Å². The zero-order chi connectivity index (χ0) is 14.6. The molecule has 1 heterocycles. The zero-order valence-corrected chi connectivity index (χ0v) is 12.9. The highest BCUT2D eigenvalue weighted by Crippen LogP contribution is 2.32. The summed E-state index contributed by atoms with van der Waals surface area (Å²) in [4.78, 5) is 0.831. The predicted octanol–water partition coefficient (Wildman–Crippen LogP) is 3.29. The highest BCUT2D eigenvalue weighted by Gasteiger charge is 2.39. The molecule has 3 nitrogen and oxygen atoms in total. The Morgan fingerprint density at radius 3 is 2.70 bits per heavy atom. The highest BCUT2D eigenvalue weighted by molar-refractivity contribution is 7.85. The normalized spacial score (nSPS) is 25.3. The fraction of sp³-hybridized carbons (Fsp3) is 0.500. The van der Waals surface area contributed by atoms with Crippen LogP contribution in [0.3, 0.4) is 0 Å². The third-order valence-corrected chi connectivity index (χ3v) is 5.62. The molecule has 2 atom stereocenters. The summed E-state index contributed by atoms with van der Waals surface area (Å²) < 4.78 is 12.6. The van der Waals surface area contributed by atoms with Gasteiger partial charge in [0.15, 0.2) is 0 Å². The molecule has 1 fully saturated rings. The van der Waals surface area contributed by atoms with Gasteiger partial charge in [0.2, 0.25) is 0 Å². The van der Waals surface area contributed by atoms with Crippen LogP contribution in [0.5, 0.6) is 0 Å². The molecule has 110 valence electrons. The average Bonchev–Trinajstić information content (AvgIpc) is 2.43. The number of hydrogen-bond acceptors (Lipinski definition) is 3. The van der Waals surface area contributed by atoms with Gasteiger partial charge in [-0.3, -0.25) is 4.21 Å². The average molecular weight is 293 g/mol. The Morgan fingerprint density at radius 2 is 2.10 bits per heavy atom. The van der Waals surface area contributed by atoms with Crippen molar-refractivity contribution >= 4 is 10.8 Å². The first-order valence-electron chi connectivity index (χ1n) is 7.10. The largest absolute Gasteiger partial charge is 0.313 e. The number of rotatable bonds is 5. The molecule has 1 aromatic carbocycles. The summed E-state index contributed by atoms with van der Waals surface area (Å²) >= 11 is 0. The van der Waals surface area contributed by atoms with E-state index in [1.807, 2.05) is 37.3 Å². The van der Waals surface area contributed by atoms with Crippen molar-refractivity contribution in [2.24, 2.45) is 0 Å². The van der Waals surface area contributed by atoms with E-state index < -0.39 is 16.3 Å². The van der Waals surface area contributed by atoms with E-state index in [4.69, 9.17) is 0 Å². The van der Waals surface area contributed by atoms with Gasteiger partial charge >= 0.3 is 0 Å². The van der Waals surface area contributed by atoms with Crippen LogP contribution < -0.4 is 0 Å². The number of hydroxylamine groups is 2. The van der Waals surface area contributed by atoms with Crippen molar-refractivity contribution < 1.29 is 9.42 Å². The molecular formula is C16H23NO2S. The summed E-state index contributed by atoms with van der Waals surface area (Å²) in [6.07, 6.45) is 5.41. The van der Waals surface area contributed by atoms with E-state index in [1.165, 1.54) is 5.06 Å². The highest BCUT2D eigenvalue weighted by atomic mass is 32.2. The van der Waals surface area contributed by atoms with Gasteiger partial charge in [0.1, 0.15) is 0 Å². The van der Waals surface area contributed by atoms with Gasteiger partial charge in [0.05, 0.1) is 16.3 Å². The molecule has 0 radical (unpaired) electrons. The van der Waals surface area contributed by atoms with Crippen LogP contribution in [-0.4, -0.2) is 32.3 Å². The number of aryl methyl sites for hydroxylation is 1. The van der Waals surface area contributed by atoms with Crippen molar-refractivity contribution in [2.75, 3.05) is 12.3 Å². The Kier molecular flexibility index (Phi) is 5.13. The van der Waals surface area contributed by atoms with Crippen LogP contribution in [0.2, 0.25) is 0 Å². The number of nitrogens with zero attached hydrogens (tertiary/aromatic N) is 1. The molecule has 0 unspecified atom stereocenters. The molecule has 2 rings (SSSR count). The van der Waals surface area contributed by atoms with E-state index in [0.717, 1.165) is 29.7 Å². The van der Waals surface area contributed by atoms with Crippen LogP contribution in [0.4, 0.5) is 0 Å². The molecule has 0 spiro atoms. The SMILES string of the molecule is C=CC[C@@]1(C[S@@](=O)c2ccc(C)cc2)CCCCN1O. The molecule has 0 saturated carbocycles. The molecule has 1 aliphatic heterocycles. The van der Waals surface area contributed by atoms with E-state index >= 15 is 0 Å². The second-order valence-corrected chi connectivity index (χ2v) is 7.05. The lowest BCUT2D eigenvalue weighted by atomic mass is 9.87. The van der Waals surface area contributed by atoms with Crippen LogP contribution in [0.1, 0.15) is 31.2 Å². The Labute approximate surface area is 123 Å². The lowest BCUT2D eigenvalue weighted by Gasteiger charge is -2.42. The molecule has 1 aromatic rings. The Balaban J connectivity index is 2.17. The van der Waals surface area contributed by atoms with Crippen LogP contribution >= 0.6 is 0 Å². The van der Waals surface area contributed by atoms with Crippen LogP contribution in [0.15, 0.2) is 41.8 Å². The molecule has 0 bridgehead atoms. The number of hydrogen-bond donors (Lipinski definition) is 1. The second kappa shape index (κ2) is 6.66. The van der Waals surface area contributed by atoms with Crippen LogP contribution in [0.25, 0.3) is 0 Å². The molecule has 1 saturated heterocycles. The van der Waals surface area contributed by atoms with Gasteiger partial charge in [-0.15, -0.1) is 6.58 Å². The smallest absolute Gasteiger partial charge is 0.0613 e. The van der Waals surface area contributed by atoms with Crippen molar-refractivity contribution in [3.05, 3.63) is 42.5 Å². The first-order valence-corrected chi connectivity index (χ1v) is 8.42. The van der Waals surface area contributed by atoms with E-state index in [9.17, 15) is 9.42 Å². The predicted molar refractivity (Wildman–Crippen MR) is 82.3 cm³/mol. The molecule has 4 heteroatoms. The number of benzene rings is 1. The summed E-state index contributed by atoms with van der Waals surface area (Å²) in [5, 5.41) is 11.6. The van der Waals surface area contributed by atoms with Gasteiger partial charge < -0.3 is 5.21 Å². The quantitative estimate of drug-likeness (QED) is 0.847. The van der Waals surface area contributed by atoms with Gasteiger partial charge in [-0.25, -0.2) is 0 Å². The van der Waals surface area contributed by atoms with E-state index in [1.54, 1.807) is 0 Å². The lowest BCUT2D eigenvalue weighted by molar-refractivity contribution is -0.181. The molecule has 20 heavy (non-hydrogen) atoms. The lowest BCUT2D eigenvalue weighted by Crippen LogP contribution is -2.53. The summed E-state index contributed by atoms with van der Waals surface area (Å²) in [5.74, 6) is 0.457. The minimum absolute atomic E-state index is 0.421. The molecular weight excluding hydrogens is 270 g/mol. The van der Waals surface area contributed by atoms with Crippen molar-refractivity contribution in [1.29, 1.82) is 0 Å². The third-order valence-electron chi connectivity index (χ3n) is 4.02. The number of piperidine rings is 1. The van der Waals surface area contributed by atoms with Crippen LogP contribution in [0, 0.1) is 6.92 Å².